The summed E-state index contributed by atoms with van der Waals surface area (Å²) in [5.74, 6) is 0. The van der Waals surface area contributed by atoms with E-state index in [1.807, 2.05) is 25.1 Å². The summed E-state index contributed by atoms with van der Waals surface area (Å²) >= 11 is 0. The van der Waals surface area contributed by atoms with Gasteiger partial charge in [0.2, 0.25) is 10.0 Å². The third-order valence-corrected chi connectivity index (χ3v) is 4.37. The number of aromatic nitrogens is 1. The van der Waals surface area contributed by atoms with E-state index in [9.17, 15) is 8.42 Å². The summed E-state index contributed by atoms with van der Waals surface area (Å²) in [4.78, 5) is 4.28. The highest BCUT2D eigenvalue weighted by atomic mass is 32.2. The van der Waals surface area contributed by atoms with Gasteiger partial charge in [0.15, 0.2) is 0 Å². The first-order valence-electron chi connectivity index (χ1n) is 6.54. The standard InChI is InChI=1S/C13H23N3O2S/c1-4-16(19(3,17)18)11-7-10-14-12(2)13-8-5-6-9-15-13/h5-6,8-9,12,14H,4,7,10-11H2,1-3H3. The predicted octanol–water partition coefficient (Wildman–Crippen LogP) is 1.40. The van der Waals surface area contributed by atoms with Gasteiger partial charge in [-0.15, -0.1) is 0 Å². The fraction of sp³-hybridized carbons (Fsp3) is 0.615. The van der Waals surface area contributed by atoms with Crippen LogP contribution in [0.25, 0.3) is 0 Å². The Hall–Kier alpha value is -0.980. The molecule has 108 valence electrons. The largest absolute Gasteiger partial charge is 0.309 e. The molecule has 5 nitrogen and oxygen atoms in total. The molecule has 19 heavy (non-hydrogen) atoms. The van der Waals surface area contributed by atoms with Crippen molar-refractivity contribution in [2.24, 2.45) is 0 Å². The average Bonchev–Trinajstić information content (AvgIpc) is 2.38. The minimum absolute atomic E-state index is 0.175. The Bertz CT molecular complexity index is 462. The van der Waals surface area contributed by atoms with Gasteiger partial charge in [0.25, 0.3) is 0 Å². The topological polar surface area (TPSA) is 62.3 Å². The van der Waals surface area contributed by atoms with Crippen molar-refractivity contribution in [1.82, 2.24) is 14.6 Å². The van der Waals surface area contributed by atoms with Crippen LogP contribution >= 0.6 is 0 Å². The van der Waals surface area contributed by atoms with Gasteiger partial charge in [-0.2, -0.15) is 0 Å². The Labute approximate surface area is 116 Å². The van der Waals surface area contributed by atoms with Crippen LogP contribution in [0.5, 0.6) is 0 Å². The zero-order valence-corrected chi connectivity index (χ0v) is 12.7. The minimum Gasteiger partial charge on any atom is -0.309 e. The molecule has 1 rings (SSSR count). The molecule has 1 atom stereocenters. The molecule has 0 saturated carbocycles. The van der Waals surface area contributed by atoms with E-state index in [-0.39, 0.29) is 6.04 Å². The quantitative estimate of drug-likeness (QED) is 0.734. The van der Waals surface area contributed by atoms with E-state index in [1.165, 1.54) is 10.6 Å². The van der Waals surface area contributed by atoms with E-state index in [4.69, 9.17) is 0 Å². The van der Waals surface area contributed by atoms with Crippen molar-refractivity contribution < 1.29 is 8.42 Å². The lowest BCUT2D eigenvalue weighted by Gasteiger charge is -2.18. The Morgan fingerprint density at radius 2 is 2.16 bits per heavy atom. The van der Waals surface area contributed by atoms with Gasteiger partial charge in [0.1, 0.15) is 0 Å². The maximum atomic E-state index is 11.4. The van der Waals surface area contributed by atoms with Crippen molar-refractivity contribution >= 4 is 10.0 Å². The Kier molecular flexibility index (Phi) is 6.41. The molecular formula is C13H23N3O2S. The lowest BCUT2D eigenvalue weighted by Crippen LogP contribution is -2.32. The number of sulfonamides is 1. The van der Waals surface area contributed by atoms with Crippen LogP contribution in [0.1, 0.15) is 32.0 Å². The summed E-state index contributed by atoms with van der Waals surface area (Å²) in [5.41, 5.74) is 0.998. The summed E-state index contributed by atoms with van der Waals surface area (Å²) in [6.45, 7) is 5.75. The van der Waals surface area contributed by atoms with Gasteiger partial charge in [0.05, 0.1) is 11.9 Å². The molecule has 1 heterocycles. The first-order valence-corrected chi connectivity index (χ1v) is 8.39. The SMILES string of the molecule is CCN(CCCNC(C)c1ccccn1)S(C)(=O)=O. The number of nitrogens with one attached hydrogen (secondary N) is 1. The number of hydrogen-bond acceptors (Lipinski definition) is 4. The van der Waals surface area contributed by atoms with Crippen molar-refractivity contribution in [3.05, 3.63) is 30.1 Å². The molecular weight excluding hydrogens is 262 g/mol. The van der Waals surface area contributed by atoms with Crippen molar-refractivity contribution in [3.8, 4) is 0 Å². The Balaban J connectivity index is 2.31. The second kappa shape index (κ2) is 7.57. The van der Waals surface area contributed by atoms with Gasteiger partial charge in [-0.05, 0) is 32.0 Å². The van der Waals surface area contributed by atoms with E-state index in [1.54, 1.807) is 6.20 Å². The van der Waals surface area contributed by atoms with Crippen LogP contribution in [0.2, 0.25) is 0 Å². The zero-order chi connectivity index (χ0) is 14.3. The lowest BCUT2D eigenvalue weighted by molar-refractivity contribution is 0.413. The van der Waals surface area contributed by atoms with Gasteiger partial charge >= 0.3 is 0 Å². The third-order valence-electron chi connectivity index (χ3n) is 2.99. The zero-order valence-electron chi connectivity index (χ0n) is 11.8. The van der Waals surface area contributed by atoms with Gasteiger partial charge in [-0.1, -0.05) is 13.0 Å². The van der Waals surface area contributed by atoms with Gasteiger partial charge in [-0.25, -0.2) is 12.7 Å². The lowest BCUT2D eigenvalue weighted by atomic mass is 10.2. The average molecular weight is 285 g/mol. The van der Waals surface area contributed by atoms with Gasteiger partial charge in [0, 0.05) is 25.3 Å². The third kappa shape index (κ3) is 5.67. The first-order chi connectivity index (χ1) is 8.95. The molecule has 1 unspecified atom stereocenters. The summed E-state index contributed by atoms with van der Waals surface area (Å²) in [5, 5.41) is 3.35. The molecule has 0 aliphatic rings. The molecule has 0 aliphatic carbocycles. The van der Waals surface area contributed by atoms with Crippen molar-refractivity contribution in [3.63, 3.8) is 0 Å². The molecule has 0 bridgehead atoms. The highest BCUT2D eigenvalue weighted by molar-refractivity contribution is 7.88. The number of rotatable bonds is 8. The summed E-state index contributed by atoms with van der Waals surface area (Å²) in [6.07, 6.45) is 3.81. The fourth-order valence-corrected chi connectivity index (χ4v) is 2.80. The molecule has 1 aromatic heterocycles. The van der Waals surface area contributed by atoms with Crippen molar-refractivity contribution in [2.45, 2.75) is 26.3 Å². The molecule has 0 radical (unpaired) electrons. The van der Waals surface area contributed by atoms with Crippen LogP contribution in [0.4, 0.5) is 0 Å². The minimum atomic E-state index is -3.07. The Morgan fingerprint density at radius 1 is 1.42 bits per heavy atom. The van der Waals surface area contributed by atoms with Crippen LogP contribution < -0.4 is 5.32 Å². The second-order valence-electron chi connectivity index (χ2n) is 4.54. The van der Waals surface area contributed by atoms with Gasteiger partial charge in [-0.3, -0.25) is 4.98 Å². The summed E-state index contributed by atoms with van der Waals surface area (Å²) < 4.78 is 24.3. The van der Waals surface area contributed by atoms with Crippen LogP contribution in [-0.4, -0.2) is 43.6 Å². The molecule has 1 N–H and O–H groups in total. The fourth-order valence-electron chi connectivity index (χ4n) is 1.87. The maximum Gasteiger partial charge on any atom is 0.211 e. The van der Waals surface area contributed by atoms with Gasteiger partial charge < -0.3 is 5.32 Å². The molecule has 0 aromatic carbocycles. The first kappa shape index (κ1) is 16.1. The van der Waals surface area contributed by atoms with E-state index >= 15 is 0 Å². The number of hydrogen-bond donors (Lipinski definition) is 1. The number of nitrogens with zero attached hydrogens (tertiary/aromatic N) is 2. The summed E-state index contributed by atoms with van der Waals surface area (Å²) in [7, 11) is -3.07. The molecule has 0 aliphatic heterocycles. The molecule has 6 heteroatoms. The Morgan fingerprint density at radius 3 is 2.68 bits per heavy atom. The highest BCUT2D eigenvalue weighted by Crippen LogP contribution is 2.07. The van der Waals surface area contributed by atoms with Crippen LogP contribution in [0, 0.1) is 0 Å². The van der Waals surface area contributed by atoms with Crippen LogP contribution in [0.3, 0.4) is 0 Å². The molecule has 0 spiro atoms. The van der Waals surface area contributed by atoms with E-state index in [0.717, 1.165) is 18.7 Å². The van der Waals surface area contributed by atoms with E-state index < -0.39 is 10.0 Å². The molecule has 0 fully saturated rings. The van der Waals surface area contributed by atoms with Crippen molar-refractivity contribution in [1.29, 1.82) is 0 Å². The molecule has 0 amide bonds. The van der Waals surface area contributed by atoms with Crippen molar-refractivity contribution in [2.75, 3.05) is 25.9 Å². The monoisotopic (exact) mass is 285 g/mol. The highest BCUT2D eigenvalue weighted by Gasteiger charge is 2.13. The second-order valence-corrected chi connectivity index (χ2v) is 6.52. The normalized spacial score (nSPS) is 13.7. The molecule has 0 saturated heterocycles. The van der Waals surface area contributed by atoms with Crippen LogP contribution in [-0.2, 0) is 10.0 Å². The van der Waals surface area contributed by atoms with E-state index in [2.05, 4.69) is 17.2 Å². The predicted molar refractivity (Wildman–Crippen MR) is 77.4 cm³/mol. The van der Waals surface area contributed by atoms with Crippen LogP contribution in [0.15, 0.2) is 24.4 Å². The summed E-state index contributed by atoms with van der Waals surface area (Å²) in [6, 6.07) is 6.01. The number of pyridine rings is 1. The van der Waals surface area contributed by atoms with E-state index in [0.29, 0.717) is 13.1 Å². The smallest absolute Gasteiger partial charge is 0.211 e. The maximum absolute atomic E-state index is 11.4. The molecule has 1 aromatic rings.